The SMILES string of the molecule is CCOC(=O)[C@H](C)Oc1ccc2c(c1)O/C(=C\c1ccc(C(C)C)cc1)C2=O. The van der Waals surface area contributed by atoms with Crippen molar-refractivity contribution in [3.8, 4) is 11.5 Å². The number of hydrogen-bond donors (Lipinski definition) is 0. The summed E-state index contributed by atoms with van der Waals surface area (Å²) in [6, 6.07) is 12.9. The summed E-state index contributed by atoms with van der Waals surface area (Å²) in [4.78, 5) is 24.3. The van der Waals surface area contributed by atoms with Crippen molar-refractivity contribution in [3.05, 3.63) is 64.9 Å². The van der Waals surface area contributed by atoms with Crippen molar-refractivity contribution in [3.63, 3.8) is 0 Å². The van der Waals surface area contributed by atoms with Gasteiger partial charge in [-0.15, -0.1) is 0 Å². The Labute approximate surface area is 164 Å². The second-order valence-electron chi connectivity index (χ2n) is 6.93. The highest BCUT2D eigenvalue weighted by atomic mass is 16.6. The minimum atomic E-state index is -0.746. The lowest BCUT2D eigenvalue weighted by Crippen LogP contribution is -2.26. The summed E-state index contributed by atoms with van der Waals surface area (Å²) in [7, 11) is 0. The van der Waals surface area contributed by atoms with Crippen LogP contribution in [0, 0.1) is 0 Å². The molecular formula is C23H24O5. The minimum absolute atomic E-state index is 0.173. The van der Waals surface area contributed by atoms with Gasteiger partial charge in [-0.1, -0.05) is 38.1 Å². The van der Waals surface area contributed by atoms with Crippen molar-refractivity contribution >= 4 is 17.8 Å². The highest BCUT2D eigenvalue weighted by Gasteiger charge is 2.28. The Hall–Kier alpha value is -3.08. The van der Waals surface area contributed by atoms with Gasteiger partial charge in [-0.05, 0) is 49.1 Å². The smallest absolute Gasteiger partial charge is 0.347 e. The normalized spacial score (nSPS) is 15.3. The molecule has 0 unspecified atom stereocenters. The summed E-state index contributed by atoms with van der Waals surface area (Å²) in [5.74, 6) is 0.963. The number of carbonyl (C=O) groups excluding carboxylic acids is 2. The lowest BCUT2D eigenvalue weighted by atomic mass is 10.0. The van der Waals surface area contributed by atoms with E-state index in [4.69, 9.17) is 14.2 Å². The van der Waals surface area contributed by atoms with E-state index in [-0.39, 0.29) is 11.5 Å². The Kier molecular flexibility index (Phi) is 5.83. The minimum Gasteiger partial charge on any atom is -0.479 e. The third-order valence-electron chi connectivity index (χ3n) is 4.47. The van der Waals surface area contributed by atoms with E-state index in [1.54, 1.807) is 38.1 Å². The van der Waals surface area contributed by atoms with Crippen molar-refractivity contribution in [2.75, 3.05) is 6.61 Å². The van der Waals surface area contributed by atoms with Gasteiger partial charge in [0.15, 0.2) is 11.9 Å². The van der Waals surface area contributed by atoms with Crippen LogP contribution >= 0.6 is 0 Å². The molecule has 0 aromatic heterocycles. The van der Waals surface area contributed by atoms with Gasteiger partial charge in [0.1, 0.15) is 11.5 Å². The number of rotatable bonds is 6. The fraction of sp³-hybridized carbons (Fsp3) is 0.304. The molecule has 146 valence electrons. The number of Topliss-reactive ketones (excluding diaryl/α,β-unsaturated/α-hetero) is 1. The average molecular weight is 380 g/mol. The number of allylic oxidation sites excluding steroid dienone is 1. The Morgan fingerprint density at radius 2 is 1.82 bits per heavy atom. The lowest BCUT2D eigenvalue weighted by Gasteiger charge is -2.13. The predicted molar refractivity (Wildman–Crippen MR) is 107 cm³/mol. The maximum Gasteiger partial charge on any atom is 0.347 e. The zero-order valence-electron chi connectivity index (χ0n) is 16.5. The standard InChI is InChI=1S/C23H24O5/c1-5-26-23(25)15(4)27-18-10-11-19-20(13-18)28-21(22(19)24)12-16-6-8-17(9-7-16)14(2)3/h6-15H,5H2,1-4H3/b21-12-/t15-/m0/s1. The average Bonchev–Trinajstić information content (AvgIpc) is 2.97. The highest BCUT2D eigenvalue weighted by molar-refractivity contribution is 6.14. The van der Waals surface area contributed by atoms with Crippen molar-refractivity contribution in [1.29, 1.82) is 0 Å². The molecule has 1 aliphatic rings. The molecule has 1 aliphatic heterocycles. The number of ether oxygens (including phenoxy) is 3. The van der Waals surface area contributed by atoms with Gasteiger partial charge < -0.3 is 14.2 Å². The molecule has 0 saturated heterocycles. The fourth-order valence-electron chi connectivity index (χ4n) is 2.88. The topological polar surface area (TPSA) is 61.8 Å². The van der Waals surface area contributed by atoms with Gasteiger partial charge in [-0.25, -0.2) is 4.79 Å². The van der Waals surface area contributed by atoms with E-state index in [0.29, 0.717) is 29.6 Å². The van der Waals surface area contributed by atoms with Crippen LogP contribution in [0.3, 0.4) is 0 Å². The Balaban J connectivity index is 1.76. The van der Waals surface area contributed by atoms with Crippen molar-refractivity contribution in [2.24, 2.45) is 0 Å². The van der Waals surface area contributed by atoms with Crippen LogP contribution in [0.2, 0.25) is 0 Å². The first-order valence-corrected chi connectivity index (χ1v) is 9.40. The van der Waals surface area contributed by atoms with Crippen molar-refractivity contribution in [1.82, 2.24) is 0 Å². The Morgan fingerprint density at radius 1 is 1.11 bits per heavy atom. The van der Waals surface area contributed by atoms with E-state index in [2.05, 4.69) is 13.8 Å². The van der Waals surface area contributed by atoms with E-state index >= 15 is 0 Å². The first-order chi connectivity index (χ1) is 13.4. The molecule has 2 aromatic rings. The van der Waals surface area contributed by atoms with Crippen LogP contribution in [0.5, 0.6) is 11.5 Å². The molecular weight excluding hydrogens is 356 g/mol. The zero-order chi connectivity index (χ0) is 20.3. The zero-order valence-corrected chi connectivity index (χ0v) is 16.5. The van der Waals surface area contributed by atoms with E-state index in [9.17, 15) is 9.59 Å². The van der Waals surface area contributed by atoms with Crippen LogP contribution < -0.4 is 9.47 Å². The second-order valence-corrected chi connectivity index (χ2v) is 6.93. The summed E-state index contributed by atoms with van der Waals surface area (Å²) in [5.41, 5.74) is 2.61. The fourth-order valence-corrected chi connectivity index (χ4v) is 2.88. The molecule has 0 spiro atoms. The largest absolute Gasteiger partial charge is 0.479 e. The molecule has 3 rings (SSSR count). The first kappa shape index (κ1) is 19.7. The monoisotopic (exact) mass is 380 g/mol. The molecule has 28 heavy (non-hydrogen) atoms. The van der Waals surface area contributed by atoms with Crippen molar-refractivity contribution < 1.29 is 23.8 Å². The van der Waals surface area contributed by atoms with Crippen LogP contribution in [0.15, 0.2) is 48.2 Å². The van der Waals surface area contributed by atoms with E-state index in [1.165, 1.54) is 5.56 Å². The van der Waals surface area contributed by atoms with Crippen LogP contribution in [-0.2, 0) is 9.53 Å². The number of carbonyl (C=O) groups is 2. The van der Waals surface area contributed by atoms with Gasteiger partial charge in [0.2, 0.25) is 5.78 Å². The molecule has 0 radical (unpaired) electrons. The quantitative estimate of drug-likeness (QED) is 0.534. The van der Waals surface area contributed by atoms with Crippen molar-refractivity contribution in [2.45, 2.75) is 39.7 Å². The second kappa shape index (κ2) is 8.30. The summed E-state index contributed by atoms with van der Waals surface area (Å²) >= 11 is 0. The first-order valence-electron chi connectivity index (χ1n) is 9.40. The number of hydrogen-bond acceptors (Lipinski definition) is 5. The molecule has 2 aromatic carbocycles. The van der Waals surface area contributed by atoms with E-state index in [0.717, 1.165) is 5.56 Å². The van der Waals surface area contributed by atoms with Gasteiger partial charge in [-0.3, -0.25) is 4.79 Å². The molecule has 0 N–H and O–H groups in total. The molecule has 1 heterocycles. The number of ketones is 1. The number of fused-ring (bicyclic) bond motifs is 1. The number of esters is 1. The van der Waals surface area contributed by atoms with E-state index < -0.39 is 12.1 Å². The van der Waals surface area contributed by atoms with Crippen LogP contribution in [0.4, 0.5) is 0 Å². The van der Waals surface area contributed by atoms with Crippen LogP contribution in [0.25, 0.3) is 6.08 Å². The Bertz CT molecular complexity index is 909. The molecule has 0 saturated carbocycles. The summed E-state index contributed by atoms with van der Waals surface area (Å²) in [6.07, 6.45) is 0.985. The molecule has 1 atom stereocenters. The molecule has 5 heteroatoms. The van der Waals surface area contributed by atoms with Gasteiger partial charge in [0, 0.05) is 6.07 Å². The molecule has 0 bridgehead atoms. The van der Waals surface area contributed by atoms with Crippen LogP contribution in [0.1, 0.15) is 55.1 Å². The third kappa shape index (κ3) is 4.25. The molecule has 0 fully saturated rings. The third-order valence-corrected chi connectivity index (χ3v) is 4.47. The summed E-state index contributed by atoms with van der Waals surface area (Å²) in [5, 5.41) is 0. The van der Waals surface area contributed by atoms with Gasteiger partial charge in [0.25, 0.3) is 0 Å². The van der Waals surface area contributed by atoms with Gasteiger partial charge in [-0.2, -0.15) is 0 Å². The summed E-state index contributed by atoms with van der Waals surface area (Å²) < 4.78 is 16.3. The van der Waals surface area contributed by atoms with Crippen LogP contribution in [-0.4, -0.2) is 24.5 Å². The Morgan fingerprint density at radius 3 is 2.46 bits per heavy atom. The molecule has 5 nitrogen and oxygen atoms in total. The lowest BCUT2D eigenvalue weighted by molar-refractivity contribution is -0.150. The van der Waals surface area contributed by atoms with E-state index in [1.807, 2.05) is 24.3 Å². The van der Waals surface area contributed by atoms with Gasteiger partial charge in [0.05, 0.1) is 12.2 Å². The maximum absolute atomic E-state index is 12.6. The van der Waals surface area contributed by atoms with Gasteiger partial charge >= 0.3 is 5.97 Å². The maximum atomic E-state index is 12.6. The summed E-state index contributed by atoms with van der Waals surface area (Å²) in [6.45, 7) is 7.92. The molecule has 0 amide bonds. The highest BCUT2D eigenvalue weighted by Crippen LogP contribution is 2.35. The number of benzene rings is 2. The molecule has 0 aliphatic carbocycles. The predicted octanol–water partition coefficient (Wildman–Crippen LogP) is 4.76.